The number of carbonyl (C=O) groups is 2. The lowest BCUT2D eigenvalue weighted by Crippen LogP contribution is -2.43. The topological polar surface area (TPSA) is 81.5 Å². The molecule has 1 aromatic heterocycles. The van der Waals surface area contributed by atoms with Crippen molar-refractivity contribution in [3.63, 3.8) is 0 Å². The third-order valence-electron chi connectivity index (χ3n) is 6.18. The number of amides is 2. The molecule has 0 fully saturated rings. The minimum absolute atomic E-state index is 0.0253. The van der Waals surface area contributed by atoms with Crippen molar-refractivity contribution < 1.29 is 28.2 Å². The summed E-state index contributed by atoms with van der Waals surface area (Å²) in [7, 11) is 0. The molecule has 0 aliphatic carbocycles. The lowest BCUT2D eigenvalue weighted by molar-refractivity contribution is -0.141. The molecular formula is C28H40N2O6. The Balaban J connectivity index is 1.66. The van der Waals surface area contributed by atoms with E-state index in [1.165, 1.54) is 12.8 Å². The van der Waals surface area contributed by atoms with Gasteiger partial charge in [-0.1, -0.05) is 38.7 Å². The second-order valence-corrected chi connectivity index (χ2v) is 9.05. The zero-order valence-corrected chi connectivity index (χ0v) is 21.7. The molecule has 8 nitrogen and oxygen atoms in total. The van der Waals surface area contributed by atoms with E-state index in [2.05, 4.69) is 6.92 Å². The summed E-state index contributed by atoms with van der Waals surface area (Å²) in [6.07, 6.45) is 8.14. The quantitative estimate of drug-likeness (QED) is 0.279. The van der Waals surface area contributed by atoms with Gasteiger partial charge in [-0.2, -0.15) is 0 Å². The van der Waals surface area contributed by atoms with Gasteiger partial charge in [-0.15, -0.1) is 0 Å². The van der Waals surface area contributed by atoms with Gasteiger partial charge in [0, 0.05) is 32.7 Å². The van der Waals surface area contributed by atoms with E-state index in [4.69, 9.17) is 18.6 Å². The molecule has 0 spiro atoms. The SMILES string of the molecule is CCCCCCCC(=O)N(CCCOCC)CC(=O)N(Cc1ccc2c(c1)OCO2)Cc1ccco1. The minimum Gasteiger partial charge on any atom is -0.467 e. The number of benzene rings is 1. The van der Waals surface area contributed by atoms with Crippen molar-refractivity contribution in [3.05, 3.63) is 47.9 Å². The number of ether oxygens (including phenoxy) is 3. The normalized spacial score (nSPS) is 12.1. The number of hydrogen-bond donors (Lipinski definition) is 0. The third-order valence-corrected chi connectivity index (χ3v) is 6.18. The zero-order chi connectivity index (χ0) is 25.6. The number of furan rings is 1. The van der Waals surface area contributed by atoms with Crippen molar-refractivity contribution >= 4 is 11.8 Å². The number of nitrogens with zero attached hydrogens (tertiary/aromatic N) is 2. The van der Waals surface area contributed by atoms with Gasteiger partial charge in [0.25, 0.3) is 0 Å². The Morgan fingerprint density at radius 2 is 1.75 bits per heavy atom. The Morgan fingerprint density at radius 3 is 2.53 bits per heavy atom. The predicted molar refractivity (Wildman–Crippen MR) is 137 cm³/mol. The van der Waals surface area contributed by atoms with Gasteiger partial charge < -0.3 is 28.4 Å². The molecule has 2 aromatic rings. The largest absolute Gasteiger partial charge is 0.467 e. The maximum atomic E-state index is 13.5. The molecule has 3 rings (SSSR count). The summed E-state index contributed by atoms with van der Waals surface area (Å²) in [6.45, 7) is 6.75. The summed E-state index contributed by atoms with van der Waals surface area (Å²) >= 11 is 0. The van der Waals surface area contributed by atoms with Crippen LogP contribution in [-0.4, -0.2) is 54.7 Å². The average molecular weight is 501 g/mol. The summed E-state index contributed by atoms with van der Waals surface area (Å²) in [5.41, 5.74) is 0.921. The molecule has 0 radical (unpaired) electrons. The highest BCUT2D eigenvalue weighted by Gasteiger charge is 2.23. The maximum absolute atomic E-state index is 13.5. The van der Waals surface area contributed by atoms with E-state index in [0.29, 0.717) is 62.9 Å². The molecule has 1 aliphatic heterocycles. The molecule has 0 unspecified atom stereocenters. The fourth-order valence-corrected chi connectivity index (χ4v) is 4.18. The van der Waals surface area contributed by atoms with Crippen molar-refractivity contribution in [2.24, 2.45) is 0 Å². The van der Waals surface area contributed by atoms with Crippen LogP contribution in [0, 0.1) is 0 Å². The second kappa shape index (κ2) is 15.2. The van der Waals surface area contributed by atoms with Crippen molar-refractivity contribution in [3.8, 4) is 11.5 Å². The average Bonchev–Trinajstić information content (AvgIpc) is 3.57. The van der Waals surface area contributed by atoms with E-state index in [0.717, 1.165) is 24.8 Å². The summed E-state index contributed by atoms with van der Waals surface area (Å²) in [4.78, 5) is 30.0. The minimum atomic E-state index is -0.125. The number of unbranched alkanes of at least 4 members (excludes halogenated alkanes) is 4. The fourth-order valence-electron chi connectivity index (χ4n) is 4.18. The standard InChI is InChI=1S/C28H40N2O6/c1-3-5-6-7-8-12-27(31)29(15-10-16-33-4-2)21-28(32)30(20-24-11-9-17-34-24)19-23-13-14-25-26(18-23)36-22-35-25/h9,11,13-14,17-18H,3-8,10,12,15-16,19-22H2,1-2H3. The molecule has 0 N–H and O–H groups in total. The molecule has 2 amide bonds. The molecule has 36 heavy (non-hydrogen) atoms. The smallest absolute Gasteiger partial charge is 0.242 e. The molecule has 2 heterocycles. The monoisotopic (exact) mass is 500 g/mol. The lowest BCUT2D eigenvalue weighted by Gasteiger charge is -2.27. The summed E-state index contributed by atoms with van der Waals surface area (Å²) in [6, 6.07) is 9.33. The van der Waals surface area contributed by atoms with E-state index < -0.39 is 0 Å². The Bertz CT molecular complexity index is 930. The number of carbonyl (C=O) groups excluding carboxylic acids is 2. The van der Waals surface area contributed by atoms with E-state index in [1.807, 2.05) is 31.2 Å². The lowest BCUT2D eigenvalue weighted by atomic mass is 10.1. The molecule has 198 valence electrons. The van der Waals surface area contributed by atoms with Gasteiger partial charge in [0.05, 0.1) is 19.4 Å². The van der Waals surface area contributed by atoms with Crippen LogP contribution in [0.5, 0.6) is 11.5 Å². The van der Waals surface area contributed by atoms with Crippen molar-refractivity contribution in [1.29, 1.82) is 0 Å². The summed E-state index contributed by atoms with van der Waals surface area (Å²) < 4.78 is 21.9. The van der Waals surface area contributed by atoms with Crippen LogP contribution in [0.1, 0.15) is 70.1 Å². The van der Waals surface area contributed by atoms with Gasteiger partial charge in [0.1, 0.15) is 5.76 Å². The molecule has 8 heteroatoms. The molecule has 0 saturated carbocycles. The maximum Gasteiger partial charge on any atom is 0.242 e. The Hall–Kier alpha value is -3.00. The summed E-state index contributed by atoms with van der Waals surface area (Å²) in [5.74, 6) is 1.97. The zero-order valence-electron chi connectivity index (χ0n) is 21.7. The van der Waals surface area contributed by atoms with E-state index in [1.54, 1.807) is 22.1 Å². The van der Waals surface area contributed by atoms with Crippen LogP contribution in [0.25, 0.3) is 0 Å². The van der Waals surface area contributed by atoms with Crippen LogP contribution in [-0.2, 0) is 27.4 Å². The van der Waals surface area contributed by atoms with Gasteiger partial charge >= 0.3 is 0 Å². The van der Waals surface area contributed by atoms with Gasteiger partial charge in [-0.3, -0.25) is 9.59 Å². The van der Waals surface area contributed by atoms with Crippen molar-refractivity contribution in [2.45, 2.75) is 71.9 Å². The van der Waals surface area contributed by atoms with Gasteiger partial charge in [-0.25, -0.2) is 0 Å². The Morgan fingerprint density at radius 1 is 0.917 bits per heavy atom. The first kappa shape index (κ1) is 27.6. The number of rotatable bonds is 17. The highest BCUT2D eigenvalue weighted by atomic mass is 16.7. The summed E-state index contributed by atoms with van der Waals surface area (Å²) in [5, 5.41) is 0. The van der Waals surface area contributed by atoms with Gasteiger partial charge in [0.15, 0.2) is 11.5 Å². The van der Waals surface area contributed by atoms with Crippen LogP contribution in [0.3, 0.4) is 0 Å². The predicted octanol–water partition coefficient (Wildman–Crippen LogP) is 5.15. The van der Waals surface area contributed by atoms with Gasteiger partial charge in [-0.05, 0) is 49.6 Å². The molecule has 1 aliphatic rings. The van der Waals surface area contributed by atoms with E-state index in [9.17, 15) is 9.59 Å². The first-order valence-electron chi connectivity index (χ1n) is 13.1. The first-order chi connectivity index (χ1) is 17.6. The molecular weight excluding hydrogens is 460 g/mol. The van der Waals surface area contributed by atoms with Crippen LogP contribution in [0.4, 0.5) is 0 Å². The fraction of sp³-hybridized carbons (Fsp3) is 0.571. The number of fused-ring (bicyclic) bond motifs is 1. The molecule has 0 atom stereocenters. The van der Waals surface area contributed by atoms with Crippen LogP contribution >= 0.6 is 0 Å². The van der Waals surface area contributed by atoms with Crippen LogP contribution < -0.4 is 9.47 Å². The van der Waals surface area contributed by atoms with E-state index >= 15 is 0 Å². The Labute approximate surface area is 214 Å². The molecule has 0 saturated heterocycles. The van der Waals surface area contributed by atoms with Crippen LogP contribution in [0.15, 0.2) is 41.0 Å². The number of hydrogen-bond acceptors (Lipinski definition) is 6. The Kier molecular flexibility index (Phi) is 11.6. The molecule has 0 bridgehead atoms. The highest BCUT2D eigenvalue weighted by Crippen LogP contribution is 2.33. The highest BCUT2D eigenvalue weighted by molar-refractivity contribution is 5.84. The molecule has 1 aromatic carbocycles. The van der Waals surface area contributed by atoms with Crippen molar-refractivity contribution in [1.82, 2.24) is 9.80 Å². The van der Waals surface area contributed by atoms with E-state index in [-0.39, 0.29) is 25.2 Å². The third kappa shape index (κ3) is 8.90. The van der Waals surface area contributed by atoms with Gasteiger partial charge in [0.2, 0.25) is 18.6 Å². The second-order valence-electron chi connectivity index (χ2n) is 9.05. The first-order valence-corrected chi connectivity index (χ1v) is 13.1. The van der Waals surface area contributed by atoms with Crippen molar-refractivity contribution in [2.75, 3.05) is 33.1 Å². The van der Waals surface area contributed by atoms with Crippen LogP contribution in [0.2, 0.25) is 0 Å².